The van der Waals surface area contributed by atoms with Gasteiger partial charge in [-0.2, -0.15) is 0 Å². The standard InChI is InChI=1S/C15H19FN2O/c1-19-11-15(16,7-3-8-17)13-5-6-14-12(10-13)4-2-9-18-14/h2,4-6,9-10H,3,7-8,11,17H2,1H3. The molecule has 1 heterocycles. The maximum Gasteiger partial charge on any atom is 0.159 e. The first kappa shape index (κ1) is 13.9. The molecule has 3 nitrogen and oxygen atoms in total. The monoisotopic (exact) mass is 262 g/mol. The molecule has 0 saturated heterocycles. The molecule has 0 aliphatic heterocycles. The molecule has 2 rings (SSSR count). The SMILES string of the molecule is COCC(F)(CCCN)c1ccc2ncccc2c1. The van der Waals surface area contributed by atoms with Crippen molar-refractivity contribution in [2.24, 2.45) is 5.73 Å². The van der Waals surface area contributed by atoms with Gasteiger partial charge in [-0.25, -0.2) is 4.39 Å². The molecule has 1 aromatic carbocycles. The van der Waals surface area contributed by atoms with Crippen molar-refractivity contribution in [3.8, 4) is 0 Å². The molecule has 0 saturated carbocycles. The van der Waals surface area contributed by atoms with Gasteiger partial charge in [-0.15, -0.1) is 0 Å². The van der Waals surface area contributed by atoms with E-state index in [2.05, 4.69) is 4.98 Å². The molecule has 1 unspecified atom stereocenters. The summed E-state index contributed by atoms with van der Waals surface area (Å²) in [4.78, 5) is 4.24. The van der Waals surface area contributed by atoms with Crippen molar-refractivity contribution < 1.29 is 9.13 Å². The summed E-state index contributed by atoms with van der Waals surface area (Å²) in [6.07, 6.45) is 2.72. The van der Waals surface area contributed by atoms with Crippen LogP contribution >= 0.6 is 0 Å². The van der Waals surface area contributed by atoms with Crippen molar-refractivity contribution in [3.63, 3.8) is 0 Å². The highest BCUT2D eigenvalue weighted by atomic mass is 19.1. The van der Waals surface area contributed by atoms with E-state index in [0.717, 1.165) is 10.9 Å². The number of nitrogens with two attached hydrogens (primary N) is 1. The zero-order valence-electron chi connectivity index (χ0n) is 11.1. The minimum Gasteiger partial charge on any atom is -0.381 e. The van der Waals surface area contributed by atoms with E-state index in [4.69, 9.17) is 10.5 Å². The molecule has 4 heteroatoms. The minimum atomic E-state index is -1.49. The first-order chi connectivity index (χ1) is 9.19. The zero-order valence-corrected chi connectivity index (χ0v) is 11.1. The van der Waals surface area contributed by atoms with Crippen molar-refractivity contribution in [1.29, 1.82) is 0 Å². The Labute approximate surface area is 112 Å². The number of ether oxygens (including phenoxy) is 1. The quantitative estimate of drug-likeness (QED) is 0.870. The number of aromatic nitrogens is 1. The highest BCUT2D eigenvalue weighted by Gasteiger charge is 2.31. The molecule has 0 radical (unpaired) electrons. The summed E-state index contributed by atoms with van der Waals surface area (Å²) < 4.78 is 20.1. The van der Waals surface area contributed by atoms with Gasteiger partial charge in [-0.1, -0.05) is 12.1 Å². The van der Waals surface area contributed by atoms with Crippen LogP contribution in [0.3, 0.4) is 0 Å². The molecule has 102 valence electrons. The Hall–Kier alpha value is -1.52. The van der Waals surface area contributed by atoms with Crippen LogP contribution < -0.4 is 5.73 Å². The fourth-order valence-electron chi connectivity index (χ4n) is 2.27. The Morgan fingerprint density at radius 2 is 2.21 bits per heavy atom. The fraction of sp³-hybridized carbons (Fsp3) is 0.400. The highest BCUT2D eigenvalue weighted by Crippen LogP contribution is 2.33. The number of halogens is 1. The Kier molecular flexibility index (Phi) is 4.45. The van der Waals surface area contributed by atoms with Crippen LogP contribution in [0.5, 0.6) is 0 Å². The summed E-state index contributed by atoms with van der Waals surface area (Å²) >= 11 is 0. The lowest BCUT2D eigenvalue weighted by Gasteiger charge is -2.25. The van der Waals surface area contributed by atoms with Gasteiger partial charge in [0.2, 0.25) is 0 Å². The molecule has 0 aliphatic rings. The summed E-state index contributed by atoms with van der Waals surface area (Å²) in [5.41, 5.74) is 5.49. The van der Waals surface area contributed by atoms with Crippen molar-refractivity contribution in [2.75, 3.05) is 20.3 Å². The maximum absolute atomic E-state index is 15.0. The van der Waals surface area contributed by atoms with E-state index >= 15 is 4.39 Å². The molecule has 1 atom stereocenters. The molecule has 0 fully saturated rings. The van der Waals surface area contributed by atoms with Gasteiger partial charge < -0.3 is 10.5 Å². The van der Waals surface area contributed by atoms with Crippen LogP contribution in [0, 0.1) is 0 Å². The number of hydrogen-bond donors (Lipinski definition) is 1. The molecule has 0 aliphatic carbocycles. The van der Waals surface area contributed by atoms with E-state index in [9.17, 15) is 0 Å². The molecule has 0 spiro atoms. The minimum absolute atomic E-state index is 0.0404. The number of benzene rings is 1. The first-order valence-corrected chi connectivity index (χ1v) is 6.43. The average Bonchev–Trinajstić information content (AvgIpc) is 2.45. The summed E-state index contributed by atoms with van der Waals surface area (Å²) in [6.45, 7) is 0.517. The van der Waals surface area contributed by atoms with Crippen molar-refractivity contribution in [1.82, 2.24) is 4.98 Å². The molecular weight excluding hydrogens is 243 g/mol. The number of fused-ring (bicyclic) bond motifs is 1. The third-order valence-corrected chi connectivity index (χ3v) is 3.27. The van der Waals surface area contributed by atoms with Gasteiger partial charge in [0.05, 0.1) is 12.1 Å². The van der Waals surface area contributed by atoms with Crippen molar-refractivity contribution in [3.05, 3.63) is 42.1 Å². The van der Waals surface area contributed by atoms with Gasteiger partial charge in [0, 0.05) is 18.7 Å². The van der Waals surface area contributed by atoms with Crippen LogP contribution in [-0.2, 0) is 10.4 Å². The summed E-state index contributed by atoms with van der Waals surface area (Å²) in [5.74, 6) is 0. The lowest BCUT2D eigenvalue weighted by molar-refractivity contribution is 0.0305. The Morgan fingerprint density at radius 3 is 2.95 bits per heavy atom. The maximum atomic E-state index is 15.0. The summed E-state index contributed by atoms with van der Waals surface area (Å²) in [7, 11) is 1.51. The van der Waals surface area contributed by atoms with E-state index < -0.39 is 5.67 Å². The molecule has 2 N–H and O–H groups in total. The average molecular weight is 262 g/mol. The Morgan fingerprint density at radius 1 is 1.37 bits per heavy atom. The Balaban J connectivity index is 2.37. The third kappa shape index (κ3) is 3.08. The number of methoxy groups -OCH3 is 1. The number of rotatable bonds is 6. The Bertz CT molecular complexity index is 546. The molecule has 0 bridgehead atoms. The summed E-state index contributed by atoms with van der Waals surface area (Å²) in [6, 6.07) is 9.25. The smallest absolute Gasteiger partial charge is 0.159 e. The second-order valence-electron chi connectivity index (χ2n) is 4.70. The van der Waals surface area contributed by atoms with Crippen LogP contribution in [-0.4, -0.2) is 25.2 Å². The topological polar surface area (TPSA) is 48.1 Å². The van der Waals surface area contributed by atoms with Crippen LogP contribution in [0.1, 0.15) is 18.4 Å². The van der Waals surface area contributed by atoms with Gasteiger partial charge in [0.25, 0.3) is 0 Å². The van der Waals surface area contributed by atoms with Crippen LogP contribution in [0.2, 0.25) is 0 Å². The molecule has 2 aromatic rings. The van der Waals surface area contributed by atoms with Gasteiger partial charge in [-0.3, -0.25) is 4.98 Å². The predicted molar refractivity (Wildman–Crippen MR) is 74.7 cm³/mol. The molecule has 0 amide bonds. The van der Waals surface area contributed by atoms with Gasteiger partial charge in [-0.05, 0) is 43.1 Å². The van der Waals surface area contributed by atoms with E-state index in [1.807, 2.05) is 24.3 Å². The third-order valence-electron chi connectivity index (χ3n) is 3.27. The van der Waals surface area contributed by atoms with E-state index in [1.165, 1.54) is 7.11 Å². The van der Waals surface area contributed by atoms with Gasteiger partial charge in [0.15, 0.2) is 5.67 Å². The number of nitrogens with zero attached hydrogens (tertiary/aromatic N) is 1. The van der Waals surface area contributed by atoms with Crippen molar-refractivity contribution in [2.45, 2.75) is 18.5 Å². The lowest BCUT2D eigenvalue weighted by atomic mass is 9.90. The highest BCUT2D eigenvalue weighted by molar-refractivity contribution is 5.79. The largest absolute Gasteiger partial charge is 0.381 e. The van der Waals surface area contributed by atoms with E-state index in [-0.39, 0.29) is 6.61 Å². The van der Waals surface area contributed by atoms with Crippen LogP contribution in [0.25, 0.3) is 10.9 Å². The molecule has 1 aromatic heterocycles. The summed E-state index contributed by atoms with van der Waals surface area (Å²) in [5, 5.41) is 0.936. The number of hydrogen-bond acceptors (Lipinski definition) is 3. The van der Waals surface area contributed by atoms with Gasteiger partial charge >= 0.3 is 0 Å². The number of pyridine rings is 1. The van der Waals surface area contributed by atoms with E-state index in [0.29, 0.717) is 24.9 Å². The zero-order chi connectivity index (χ0) is 13.7. The van der Waals surface area contributed by atoms with Gasteiger partial charge in [0.1, 0.15) is 0 Å². The second kappa shape index (κ2) is 6.08. The second-order valence-corrected chi connectivity index (χ2v) is 4.70. The molecule has 19 heavy (non-hydrogen) atoms. The normalized spacial score (nSPS) is 14.5. The number of alkyl halides is 1. The molecular formula is C15H19FN2O. The lowest BCUT2D eigenvalue weighted by Crippen LogP contribution is -2.27. The van der Waals surface area contributed by atoms with Crippen molar-refractivity contribution >= 4 is 10.9 Å². The predicted octanol–water partition coefficient (Wildman–Crippen LogP) is 2.78. The van der Waals surface area contributed by atoms with Crippen LogP contribution in [0.4, 0.5) is 4.39 Å². The van der Waals surface area contributed by atoms with Crippen LogP contribution in [0.15, 0.2) is 36.5 Å². The van der Waals surface area contributed by atoms with E-state index in [1.54, 1.807) is 12.3 Å². The first-order valence-electron chi connectivity index (χ1n) is 6.43. The fourth-order valence-corrected chi connectivity index (χ4v) is 2.27.